The van der Waals surface area contributed by atoms with Crippen molar-refractivity contribution in [2.24, 2.45) is 0 Å². The number of hydrogen-bond donors (Lipinski definition) is 0. The average Bonchev–Trinajstić information content (AvgIpc) is 2.35. The van der Waals surface area contributed by atoms with Crippen molar-refractivity contribution in [2.45, 2.75) is 38.3 Å². The summed E-state index contributed by atoms with van der Waals surface area (Å²) in [5.41, 5.74) is 0. The largest absolute Gasteiger partial charge is 0.463 e. The molecule has 1 heterocycles. The van der Waals surface area contributed by atoms with E-state index >= 15 is 0 Å². The van der Waals surface area contributed by atoms with Gasteiger partial charge in [-0.05, 0) is 0 Å². The summed E-state index contributed by atoms with van der Waals surface area (Å²) in [7, 11) is 3.00. The Morgan fingerprint density at radius 1 is 1.11 bits per heavy atom. The van der Waals surface area contributed by atoms with E-state index in [4.69, 9.17) is 23.7 Å². The van der Waals surface area contributed by atoms with Crippen molar-refractivity contribution in [1.82, 2.24) is 0 Å². The van der Waals surface area contributed by atoms with Crippen LogP contribution in [0.15, 0.2) is 0 Å². The maximum absolute atomic E-state index is 11.0. The number of methoxy groups -OCH3 is 2. The van der Waals surface area contributed by atoms with Gasteiger partial charge in [0.25, 0.3) is 0 Å². The zero-order chi connectivity index (χ0) is 14.4. The fraction of sp³-hybridized carbons (Fsp3) is 0.833. The Bertz CT molecular complexity index is 317. The second-order valence-electron chi connectivity index (χ2n) is 4.22. The first kappa shape index (κ1) is 15.9. The van der Waals surface area contributed by atoms with Crippen molar-refractivity contribution in [2.75, 3.05) is 27.4 Å². The summed E-state index contributed by atoms with van der Waals surface area (Å²) >= 11 is 0. The minimum absolute atomic E-state index is 0.0699. The van der Waals surface area contributed by atoms with Crippen molar-refractivity contribution in [3.63, 3.8) is 0 Å². The summed E-state index contributed by atoms with van der Waals surface area (Å²) in [6.45, 7) is 2.88. The predicted octanol–water partition coefficient (Wildman–Crippen LogP) is -0.0900. The summed E-state index contributed by atoms with van der Waals surface area (Å²) < 4.78 is 26.2. The van der Waals surface area contributed by atoms with Gasteiger partial charge in [-0.15, -0.1) is 0 Å². The molecular weight excluding hydrogens is 256 g/mol. The lowest BCUT2D eigenvalue weighted by molar-refractivity contribution is -0.224. The van der Waals surface area contributed by atoms with E-state index in [0.717, 1.165) is 0 Å². The molecule has 1 aliphatic heterocycles. The molecule has 19 heavy (non-hydrogen) atoms. The van der Waals surface area contributed by atoms with Gasteiger partial charge in [0.1, 0.15) is 24.9 Å². The van der Waals surface area contributed by atoms with Crippen molar-refractivity contribution in [3.8, 4) is 0 Å². The number of carbonyl (C=O) groups is 2. The van der Waals surface area contributed by atoms with E-state index in [1.807, 2.05) is 0 Å². The molecule has 0 aliphatic carbocycles. The van der Waals surface area contributed by atoms with Crippen molar-refractivity contribution in [3.05, 3.63) is 0 Å². The molecule has 0 N–H and O–H groups in total. The summed E-state index contributed by atoms with van der Waals surface area (Å²) in [5, 5.41) is 0. The highest BCUT2D eigenvalue weighted by atomic mass is 16.6. The minimum atomic E-state index is -0.541. The fourth-order valence-corrected chi connectivity index (χ4v) is 2.06. The monoisotopic (exact) mass is 276 g/mol. The normalized spacial score (nSPS) is 30.7. The first-order chi connectivity index (χ1) is 8.99. The van der Waals surface area contributed by atoms with Crippen molar-refractivity contribution in [1.29, 1.82) is 0 Å². The summed E-state index contributed by atoms with van der Waals surface area (Å²) in [6.07, 6.45) is -1.95. The molecule has 4 atom stereocenters. The second-order valence-corrected chi connectivity index (χ2v) is 4.22. The third-order valence-corrected chi connectivity index (χ3v) is 2.84. The minimum Gasteiger partial charge on any atom is -0.463 e. The molecule has 4 unspecified atom stereocenters. The molecule has 110 valence electrons. The van der Waals surface area contributed by atoms with Crippen LogP contribution in [0.3, 0.4) is 0 Å². The van der Waals surface area contributed by atoms with Crippen LogP contribution in [-0.2, 0) is 33.3 Å². The highest BCUT2D eigenvalue weighted by Gasteiger charge is 2.43. The number of hydrogen-bond acceptors (Lipinski definition) is 7. The molecule has 0 amide bonds. The first-order valence-electron chi connectivity index (χ1n) is 5.97. The van der Waals surface area contributed by atoms with E-state index in [2.05, 4.69) is 0 Å². The molecule has 0 spiro atoms. The number of ether oxygens (including phenoxy) is 5. The lowest BCUT2D eigenvalue weighted by Gasteiger charge is -2.40. The van der Waals surface area contributed by atoms with Crippen molar-refractivity contribution < 1.29 is 33.3 Å². The Balaban J connectivity index is 2.69. The number of esters is 2. The van der Waals surface area contributed by atoms with Gasteiger partial charge < -0.3 is 23.7 Å². The molecule has 0 aromatic rings. The third-order valence-electron chi connectivity index (χ3n) is 2.84. The van der Waals surface area contributed by atoms with Gasteiger partial charge in [-0.2, -0.15) is 0 Å². The zero-order valence-corrected chi connectivity index (χ0v) is 11.6. The van der Waals surface area contributed by atoms with E-state index in [-0.39, 0.29) is 13.2 Å². The van der Waals surface area contributed by atoms with Crippen LogP contribution in [0.5, 0.6) is 0 Å². The van der Waals surface area contributed by atoms with Gasteiger partial charge in [0.15, 0.2) is 6.10 Å². The van der Waals surface area contributed by atoms with Crippen LogP contribution in [0.4, 0.5) is 0 Å². The van der Waals surface area contributed by atoms with Crippen LogP contribution in [0.1, 0.15) is 13.8 Å². The van der Waals surface area contributed by atoms with Crippen molar-refractivity contribution >= 4 is 11.9 Å². The SMILES string of the molecule is COC1C(COC(C)=O)OCC(OC(C)=O)C1OC. The number of rotatable bonds is 5. The Morgan fingerprint density at radius 2 is 1.74 bits per heavy atom. The molecule has 1 rings (SSSR count). The van der Waals surface area contributed by atoms with E-state index in [9.17, 15) is 9.59 Å². The Hall–Kier alpha value is -1.18. The molecule has 0 saturated carbocycles. The molecular formula is C12H20O7. The third kappa shape index (κ3) is 4.45. The zero-order valence-electron chi connectivity index (χ0n) is 11.6. The second kappa shape index (κ2) is 7.42. The van der Waals surface area contributed by atoms with Crippen LogP contribution in [0.2, 0.25) is 0 Å². The van der Waals surface area contributed by atoms with E-state index < -0.39 is 36.4 Å². The van der Waals surface area contributed by atoms with Gasteiger partial charge in [0, 0.05) is 28.1 Å². The fourth-order valence-electron chi connectivity index (χ4n) is 2.06. The molecule has 7 nitrogen and oxygen atoms in total. The Labute approximate surface area is 112 Å². The van der Waals surface area contributed by atoms with Gasteiger partial charge in [-0.3, -0.25) is 9.59 Å². The van der Waals surface area contributed by atoms with Gasteiger partial charge in [-0.25, -0.2) is 0 Å². The smallest absolute Gasteiger partial charge is 0.303 e. The predicted molar refractivity (Wildman–Crippen MR) is 63.5 cm³/mol. The first-order valence-corrected chi connectivity index (χ1v) is 5.97. The van der Waals surface area contributed by atoms with Crippen LogP contribution in [-0.4, -0.2) is 63.8 Å². The average molecular weight is 276 g/mol. The van der Waals surface area contributed by atoms with E-state index in [1.165, 1.54) is 28.1 Å². The highest BCUT2D eigenvalue weighted by molar-refractivity contribution is 5.66. The summed E-state index contributed by atoms with van der Waals surface area (Å²) in [4.78, 5) is 21.8. The van der Waals surface area contributed by atoms with Crippen LogP contribution < -0.4 is 0 Å². The van der Waals surface area contributed by atoms with E-state index in [0.29, 0.717) is 0 Å². The van der Waals surface area contributed by atoms with Gasteiger partial charge in [-0.1, -0.05) is 0 Å². The lowest BCUT2D eigenvalue weighted by atomic mass is 10.00. The maximum Gasteiger partial charge on any atom is 0.303 e. The molecule has 0 bridgehead atoms. The maximum atomic E-state index is 11.0. The molecule has 7 heteroatoms. The highest BCUT2D eigenvalue weighted by Crippen LogP contribution is 2.23. The molecule has 1 aliphatic rings. The van der Waals surface area contributed by atoms with Crippen LogP contribution in [0.25, 0.3) is 0 Å². The summed E-state index contributed by atoms with van der Waals surface area (Å²) in [6, 6.07) is 0. The topological polar surface area (TPSA) is 80.3 Å². The van der Waals surface area contributed by atoms with Crippen LogP contribution in [0, 0.1) is 0 Å². The molecule has 1 saturated heterocycles. The number of carbonyl (C=O) groups excluding carboxylic acids is 2. The molecule has 0 aromatic heterocycles. The Morgan fingerprint density at radius 3 is 2.21 bits per heavy atom. The Kier molecular flexibility index (Phi) is 6.20. The summed E-state index contributed by atoms with van der Waals surface area (Å²) in [5.74, 6) is -0.807. The van der Waals surface area contributed by atoms with Gasteiger partial charge in [0.2, 0.25) is 0 Å². The van der Waals surface area contributed by atoms with Gasteiger partial charge >= 0.3 is 11.9 Å². The quantitative estimate of drug-likeness (QED) is 0.649. The lowest BCUT2D eigenvalue weighted by Crippen LogP contribution is -2.57. The van der Waals surface area contributed by atoms with Gasteiger partial charge in [0.05, 0.1) is 6.61 Å². The standard InChI is InChI=1S/C12H20O7/c1-7(13)17-5-9-11(15-3)12(16-4)10(6-18-9)19-8(2)14/h9-12H,5-6H2,1-4H3. The molecule has 0 aromatic carbocycles. The van der Waals surface area contributed by atoms with E-state index in [1.54, 1.807) is 0 Å². The molecule has 1 fully saturated rings. The van der Waals surface area contributed by atoms with Crippen LogP contribution >= 0.6 is 0 Å². The molecule has 0 radical (unpaired) electrons.